The summed E-state index contributed by atoms with van der Waals surface area (Å²) in [5.41, 5.74) is 5.69. The third-order valence-electron chi connectivity index (χ3n) is 4.01. The van der Waals surface area contributed by atoms with Gasteiger partial charge in [-0.1, -0.05) is 0 Å². The van der Waals surface area contributed by atoms with Crippen LogP contribution in [0.5, 0.6) is 5.75 Å². The maximum absolute atomic E-state index is 12.7. The molecule has 0 spiro atoms. The molecule has 0 unspecified atom stereocenters. The average molecular weight is 397 g/mol. The van der Waals surface area contributed by atoms with E-state index in [1.807, 2.05) is 19.1 Å². The molecule has 0 saturated carbocycles. The van der Waals surface area contributed by atoms with Crippen LogP contribution in [0.3, 0.4) is 0 Å². The average Bonchev–Trinajstić information content (AvgIpc) is 2.94. The predicted octanol–water partition coefficient (Wildman–Crippen LogP) is 2.18. The lowest BCUT2D eigenvalue weighted by Gasteiger charge is -2.26. The first-order valence-corrected chi connectivity index (χ1v) is 9.31. The number of hydrogen-bond acceptors (Lipinski definition) is 7. The number of aliphatic hydroxyl groups excluding tert-OH is 2. The first-order valence-electron chi connectivity index (χ1n) is 8.05. The minimum absolute atomic E-state index is 0.245. The number of ether oxygens (including phenoxy) is 1. The van der Waals surface area contributed by atoms with Gasteiger partial charge < -0.3 is 26.0 Å². The first-order chi connectivity index (χ1) is 12.2. The Labute approximate surface area is 162 Å². The smallest absolute Gasteiger partial charge is 0.253 e. The second-order valence-electron chi connectivity index (χ2n) is 6.44. The van der Waals surface area contributed by atoms with Gasteiger partial charge in [-0.15, -0.1) is 24.0 Å². The second kappa shape index (κ2) is 8.30. The number of rotatable bonds is 7. The number of aryl methyl sites for hydroxylation is 1. The minimum atomic E-state index is -1.09. The highest BCUT2D eigenvalue weighted by atomic mass is 32.1. The Kier molecular flexibility index (Phi) is 6.57. The van der Waals surface area contributed by atoms with Crippen LogP contribution in [0.2, 0.25) is 0 Å². The number of fused-ring (bicyclic) bond motifs is 1. The van der Waals surface area contributed by atoms with Gasteiger partial charge in [0.15, 0.2) is 0 Å². The van der Waals surface area contributed by atoms with Crippen molar-refractivity contribution >= 4 is 40.0 Å². The number of thiol groups is 1. The Morgan fingerprint density at radius 2 is 2.04 bits per heavy atom. The Hall–Kier alpha value is -1.74. The van der Waals surface area contributed by atoms with Gasteiger partial charge in [0.05, 0.1) is 24.3 Å². The maximum Gasteiger partial charge on any atom is 0.253 e. The van der Waals surface area contributed by atoms with Crippen LogP contribution >= 0.6 is 24.0 Å². The summed E-state index contributed by atoms with van der Waals surface area (Å²) < 4.78 is 6.65. The Balaban J connectivity index is 2.35. The molecule has 0 aliphatic heterocycles. The van der Waals surface area contributed by atoms with Crippen molar-refractivity contribution < 1.29 is 19.7 Å². The SMILES string of the molecule is C/C(N)=C(/S)COc1ccc2sc(C)c(C(=O)NC(C)(CO)CO)c2c1. The molecule has 2 aromatic rings. The summed E-state index contributed by atoms with van der Waals surface area (Å²) in [5, 5.41) is 22.3. The number of allylic oxidation sites excluding steroid dienone is 1. The number of carbonyl (C=O) groups excluding carboxylic acids is 1. The highest BCUT2D eigenvalue weighted by molar-refractivity contribution is 7.84. The van der Waals surface area contributed by atoms with Crippen LogP contribution in [-0.4, -0.2) is 41.5 Å². The molecule has 8 heteroatoms. The monoisotopic (exact) mass is 396 g/mol. The fourth-order valence-electron chi connectivity index (χ4n) is 2.30. The largest absolute Gasteiger partial charge is 0.488 e. The van der Waals surface area contributed by atoms with Crippen LogP contribution in [0.25, 0.3) is 10.1 Å². The summed E-state index contributed by atoms with van der Waals surface area (Å²) in [5.74, 6) is 0.258. The molecular weight excluding hydrogens is 372 g/mol. The summed E-state index contributed by atoms with van der Waals surface area (Å²) in [6, 6.07) is 5.53. The summed E-state index contributed by atoms with van der Waals surface area (Å²) in [7, 11) is 0. The molecule has 0 fully saturated rings. The van der Waals surface area contributed by atoms with E-state index in [0.717, 1.165) is 15.0 Å². The molecule has 1 aromatic heterocycles. The van der Waals surface area contributed by atoms with Crippen LogP contribution in [0, 0.1) is 6.92 Å². The van der Waals surface area contributed by atoms with Crippen LogP contribution in [0.4, 0.5) is 0 Å². The third-order valence-corrected chi connectivity index (χ3v) is 5.57. The van der Waals surface area contributed by atoms with Gasteiger partial charge in [-0.05, 0) is 39.0 Å². The van der Waals surface area contributed by atoms with Crippen LogP contribution in [0.15, 0.2) is 28.8 Å². The van der Waals surface area contributed by atoms with Gasteiger partial charge in [0, 0.05) is 25.6 Å². The molecule has 1 aromatic carbocycles. The fourth-order valence-corrected chi connectivity index (χ4v) is 3.41. The highest BCUT2D eigenvalue weighted by Crippen LogP contribution is 2.34. The summed E-state index contributed by atoms with van der Waals surface area (Å²) >= 11 is 5.77. The number of carbonyl (C=O) groups is 1. The minimum Gasteiger partial charge on any atom is -0.488 e. The predicted molar refractivity (Wildman–Crippen MR) is 108 cm³/mol. The lowest BCUT2D eigenvalue weighted by Crippen LogP contribution is -2.51. The molecule has 6 nitrogen and oxygen atoms in total. The van der Waals surface area contributed by atoms with E-state index in [-0.39, 0.29) is 25.7 Å². The molecule has 26 heavy (non-hydrogen) atoms. The van der Waals surface area contributed by atoms with E-state index >= 15 is 0 Å². The molecule has 1 heterocycles. The topological polar surface area (TPSA) is 105 Å². The van der Waals surface area contributed by atoms with E-state index in [1.165, 1.54) is 11.3 Å². The van der Waals surface area contributed by atoms with Gasteiger partial charge in [-0.25, -0.2) is 0 Å². The Bertz CT molecular complexity index is 837. The normalized spacial score (nSPS) is 12.8. The van der Waals surface area contributed by atoms with Crippen molar-refractivity contribution in [1.29, 1.82) is 0 Å². The number of thiophene rings is 1. The van der Waals surface area contributed by atoms with Crippen LogP contribution in [0.1, 0.15) is 29.1 Å². The van der Waals surface area contributed by atoms with Gasteiger partial charge in [-0.3, -0.25) is 4.79 Å². The number of hydrogen-bond donors (Lipinski definition) is 5. The Morgan fingerprint density at radius 1 is 1.38 bits per heavy atom. The van der Waals surface area contributed by atoms with Crippen molar-refractivity contribution in [2.24, 2.45) is 5.73 Å². The third kappa shape index (κ3) is 4.50. The van der Waals surface area contributed by atoms with E-state index in [4.69, 9.17) is 10.5 Å². The zero-order valence-corrected chi connectivity index (χ0v) is 16.7. The molecule has 5 N–H and O–H groups in total. The standard InChI is InChI=1S/C18H24N2O4S2/c1-10(19)14(25)7-24-12-4-5-15-13(6-12)16(11(2)26-15)17(23)20-18(3,8-21)9-22/h4-6,21-22,25H,7-9,19H2,1-3H3,(H,20,23)/b14-10-. The molecule has 0 atom stereocenters. The number of aliphatic hydroxyl groups is 2. The van der Waals surface area contributed by atoms with Crippen molar-refractivity contribution in [3.05, 3.63) is 39.2 Å². The van der Waals surface area contributed by atoms with E-state index in [2.05, 4.69) is 17.9 Å². The van der Waals surface area contributed by atoms with Crippen molar-refractivity contribution in [1.82, 2.24) is 5.32 Å². The van der Waals surface area contributed by atoms with E-state index in [0.29, 0.717) is 21.9 Å². The van der Waals surface area contributed by atoms with E-state index in [1.54, 1.807) is 19.9 Å². The number of nitrogens with two attached hydrogens (primary N) is 1. The molecule has 0 bridgehead atoms. The molecule has 0 aliphatic rings. The van der Waals surface area contributed by atoms with Crippen molar-refractivity contribution in [2.45, 2.75) is 26.3 Å². The van der Waals surface area contributed by atoms with Gasteiger partial charge in [0.2, 0.25) is 0 Å². The zero-order valence-electron chi connectivity index (χ0n) is 15.0. The molecule has 1 amide bonds. The quantitative estimate of drug-likeness (QED) is 0.462. The van der Waals surface area contributed by atoms with Crippen molar-refractivity contribution in [3.8, 4) is 5.75 Å². The summed E-state index contributed by atoms with van der Waals surface area (Å²) in [6.45, 7) is 4.72. The molecule has 0 radical (unpaired) electrons. The Morgan fingerprint density at radius 3 is 2.62 bits per heavy atom. The molecular formula is C18H24N2O4S2. The number of amides is 1. The molecule has 0 aliphatic carbocycles. The van der Waals surface area contributed by atoms with Gasteiger partial charge in [0.1, 0.15) is 12.4 Å². The lowest BCUT2D eigenvalue weighted by atomic mass is 10.0. The van der Waals surface area contributed by atoms with Crippen LogP contribution < -0.4 is 15.8 Å². The molecule has 0 saturated heterocycles. The van der Waals surface area contributed by atoms with Crippen molar-refractivity contribution in [3.63, 3.8) is 0 Å². The molecule has 142 valence electrons. The summed E-state index contributed by atoms with van der Waals surface area (Å²) in [6.07, 6.45) is 0. The van der Waals surface area contributed by atoms with Gasteiger partial charge in [0.25, 0.3) is 5.91 Å². The van der Waals surface area contributed by atoms with E-state index < -0.39 is 5.54 Å². The first kappa shape index (κ1) is 20.6. The fraction of sp³-hybridized carbons (Fsp3) is 0.389. The van der Waals surface area contributed by atoms with Crippen molar-refractivity contribution in [2.75, 3.05) is 19.8 Å². The van der Waals surface area contributed by atoms with Gasteiger partial charge in [-0.2, -0.15) is 0 Å². The number of benzene rings is 1. The lowest BCUT2D eigenvalue weighted by molar-refractivity contribution is 0.0725. The van der Waals surface area contributed by atoms with E-state index in [9.17, 15) is 15.0 Å². The number of nitrogens with one attached hydrogen (secondary N) is 1. The highest BCUT2D eigenvalue weighted by Gasteiger charge is 2.27. The zero-order chi connectivity index (χ0) is 19.5. The second-order valence-corrected chi connectivity index (χ2v) is 8.24. The molecule has 2 rings (SSSR count). The summed E-state index contributed by atoms with van der Waals surface area (Å²) in [4.78, 5) is 14.2. The van der Waals surface area contributed by atoms with Crippen LogP contribution in [-0.2, 0) is 0 Å². The van der Waals surface area contributed by atoms with Gasteiger partial charge >= 0.3 is 0 Å². The maximum atomic E-state index is 12.7.